The number of rotatable bonds is 4. The molecule has 1 heterocycles. The molecule has 0 N–H and O–H groups in total. The van der Waals surface area contributed by atoms with Crippen molar-refractivity contribution in [1.82, 2.24) is 0 Å². The van der Waals surface area contributed by atoms with Gasteiger partial charge in [-0.3, -0.25) is 0 Å². The molecule has 0 amide bonds. The average molecular weight is 400 g/mol. The number of hydrogen-bond donors (Lipinski definition) is 0. The molecular weight excluding hydrogens is 384 g/mol. The molecule has 0 saturated heterocycles. The Morgan fingerprint density at radius 3 is 1.55 bits per heavy atom. The standard InChI is InChI=1S/C22H16N4O2S/c23-13-17-5-3-7-19(11-17)15-25-21-9-1-2-10-22(21)26(29(25,27)28)16-20-8-4-6-18(12-20)14-24/h1-12H,15-16H2. The van der Waals surface area contributed by atoms with Crippen LogP contribution in [0.4, 0.5) is 11.4 Å². The Bertz CT molecular complexity index is 1180. The minimum atomic E-state index is -3.82. The molecule has 0 spiro atoms. The maximum atomic E-state index is 13.4. The predicted molar refractivity (Wildman–Crippen MR) is 110 cm³/mol. The molecule has 0 atom stereocenters. The molecule has 0 fully saturated rings. The number of fused-ring (bicyclic) bond motifs is 1. The van der Waals surface area contributed by atoms with Crippen LogP contribution >= 0.6 is 0 Å². The topological polar surface area (TPSA) is 88.2 Å². The summed E-state index contributed by atoms with van der Waals surface area (Å²) in [6, 6.07) is 25.1. The molecule has 29 heavy (non-hydrogen) atoms. The van der Waals surface area contributed by atoms with Crippen molar-refractivity contribution in [2.45, 2.75) is 13.1 Å². The van der Waals surface area contributed by atoms with Crippen molar-refractivity contribution < 1.29 is 8.42 Å². The van der Waals surface area contributed by atoms with E-state index in [0.717, 1.165) is 11.1 Å². The Labute approximate surface area is 169 Å². The maximum Gasteiger partial charge on any atom is 0.327 e. The van der Waals surface area contributed by atoms with E-state index in [-0.39, 0.29) is 13.1 Å². The first-order valence-corrected chi connectivity index (χ1v) is 10.3. The van der Waals surface area contributed by atoms with Crippen molar-refractivity contribution >= 4 is 21.6 Å². The second-order valence-corrected chi connectivity index (χ2v) is 8.41. The summed E-state index contributed by atoms with van der Waals surface area (Å²) >= 11 is 0. The summed E-state index contributed by atoms with van der Waals surface area (Å²) in [6.45, 7) is 0.257. The lowest BCUT2D eigenvalue weighted by molar-refractivity contribution is 0.588. The van der Waals surface area contributed by atoms with Gasteiger partial charge in [-0.05, 0) is 47.5 Å². The van der Waals surface area contributed by atoms with Gasteiger partial charge in [0.1, 0.15) is 0 Å². The van der Waals surface area contributed by atoms with Gasteiger partial charge < -0.3 is 0 Å². The molecule has 3 aromatic rings. The first-order chi connectivity index (χ1) is 14.0. The van der Waals surface area contributed by atoms with Gasteiger partial charge in [0, 0.05) is 0 Å². The van der Waals surface area contributed by atoms with Gasteiger partial charge in [-0.1, -0.05) is 36.4 Å². The molecule has 1 aliphatic heterocycles. The molecule has 142 valence electrons. The first kappa shape index (κ1) is 18.5. The van der Waals surface area contributed by atoms with Crippen molar-refractivity contribution in [3.05, 3.63) is 95.1 Å². The Hall–Kier alpha value is -3.81. The number of nitriles is 2. The molecule has 0 aromatic heterocycles. The van der Waals surface area contributed by atoms with E-state index in [9.17, 15) is 8.42 Å². The van der Waals surface area contributed by atoms with Crippen LogP contribution in [0.25, 0.3) is 0 Å². The van der Waals surface area contributed by atoms with Gasteiger partial charge in [0.2, 0.25) is 0 Å². The largest absolute Gasteiger partial charge is 0.327 e. The monoisotopic (exact) mass is 400 g/mol. The van der Waals surface area contributed by atoms with Gasteiger partial charge in [-0.2, -0.15) is 18.9 Å². The summed E-state index contributed by atoms with van der Waals surface area (Å²) in [5.41, 5.74) is 3.61. The summed E-state index contributed by atoms with van der Waals surface area (Å²) in [5, 5.41) is 18.2. The number of para-hydroxylation sites is 2. The Morgan fingerprint density at radius 1 is 0.690 bits per heavy atom. The van der Waals surface area contributed by atoms with Gasteiger partial charge in [0.25, 0.3) is 0 Å². The molecule has 7 heteroatoms. The highest BCUT2D eigenvalue weighted by Gasteiger charge is 2.40. The predicted octanol–water partition coefficient (Wildman–Crippen LogP) is 3.70. The zero-order valence-electron chi connectivity index (χ0n) is 15.4. The van der Waals surface area contributed by atoms with Crippen molar-refractivity contribution in [2.24, 2.45) is 0 Å². The van der Waals surface area contributed by atoms with Crippen molar-refractivity contribution in [1.29, 1.82) is 10.5 Å². The summed E-state index contributed by atoms with van der Waals surface area (Å²) in [5.74, 6) is 0. The van der Waals surface area contributed by atoms with E-state index in [4.69, 9.17) is 10.5 Å². The van der Waals surface area contributed by atoms with E-state index in [0.29, 0.717) is 22.5 Å². The second kappa shape index (κ2) is 7.31. The van der Waals surface area contributed by atoms with Crippen LogP contribution in [0.5, 0.6) is 0 Å². The van der Waals surface area contributed by atoms with E-state index < -0.39 is 10.2 Å². The van der Waals surface area contributed by atoms with Crippen LogP contribution in [-0.4, -0.2) is 8.42 Å². The van der Waals surface area contributed by atoms with Crippen LogP contribution in [-0.2, 0) is 23.3 Å². The lowest BCUT2D eigenvalue weighted by Crippen LogP contribution is -2.37. The maximum absolute atomic E-state index is 13.4. The van der Waals surface area contributed by atoms with Gasteiger partial charge in [0.15, 0.2) is 0 Å². The lowest BCUT2D eigenvalue weighted by atomic mass is 10.1. The fourth-order valence-electron chi connectivity index (χ4n) is 3.40. The third-order valence-electron chi connectivity index (χ3n) is 4.74. The highest BCUT2D eigenvalue weighted by Crippen LogP contribution is 2.42. The van der Waals surface area contributed by atoms with Crippen LogP contribution in [0.3, 0.4) is 0 Å². The summed E-state index contributed by atoms with van der Waals surface area (Å²) in [6.07, 6.45) is 0. The zero-order valence-corrected chi connectivity index (χ0v) is 16.2. The highest BCUT2D eigenvalue weighted by atomic mass is 32.2. The van der Waals surface area contributed by atoms with Gasteiger partial charge in [-0.25, -0.2) is 8.61 Å². The van der Waals surface area contributed by atoms with Crippen molar-refractivity contribution in [3.63, 3.8) is 0 Å². The molecule has 0 radical (unpaired) electrons. The Morgan fingerprint density at radius 2 is 1.14 bits per heavy atom. The van der Waals surface area contributed by atoms with Gasteiger partial charge >= 0.3 is 10.2 Å². The molecule has 0 unspecified atom stereocenters. The van der Waals surface area contributed by atoms with Crippen molar-refractivity contribution in [3.8, 4) is 12.1 Å². The van der Waals surface area contributed by atoms with Crippen LogP contribution in [0.15, 0.2) is 72.8 Å². The van der Waals surface area contributed by atoms with Crippen molar-refractivity contribution in [2.75, 3.05) is 8.61 Å². The van der Waals surface area contributed by atoms with Crippen LogP contribution < -0.4 is 8.61 Å². The molecule has 3 aromatic carbocycles. The van der Waals surface area contributed by atoms with E-state index in [2.05, 4.69) is 12.1 Å². The number of hydrogen-bond acceptors (Lipinski definition) is 4. The minimum absolute atomic E-state index is 0.129. The molecule has 6 nitrogen and oxygen atoms in total. The van der Waals surface area contributed by atoms with Crippen LogP contribution in [0.1, 0.15) is 22.3 Å². The van der Waals surface area contributed by atoms with Gasteiger partial charge in [0.05, 0.1) is 47.7 Å². The van der Waals surface area contributed by atoms with E-state index in [1.54, 1.807) is 72.8 Å². The Kier molecular flexibility index (Phi) is 4.67. The van der Waals surface area contributed by atoms with E-state index in [1.165, 1.54) is 8.61 Å². The normalized spacial score (nSPS) is 14.1. The number of nitrogens with zero attached hydrogens (tertiary/aromatic N) is 4. The zero-order chi connectivity index (χ0) is 20.4. The van der Waals surface area contributed by atoms with Crippen LogP contribution in [0.2, 0.25) is 0 Å². The fraction of sp³-hybridized carbons (Fsp3) is 0.0909. The minimum Gasteiger partial charge on any atom is -0.247 e. The highest BCUT2D eigenvalue weighted by molar-refractivity contribution is 7.94. The molecule has 0 bridgehead atoms. The SMILES string of the molecule is N#Cc1cccc(CN2c3ccccc3N(Cc3cccc(C#N)c3)S2(=O)=O)c1. The third-order valence-corrected chi connectivity index (χ3v) is 6.51. The molecular formula is C22H16N4O2S. The quantitative estimate of drug-likeness (QED) is 0.668. The first-order valence-electron chi connectivity index (χ1n) is 8.90. The number of anilines is 2. The number of benzene rings is 3. The summed E-state index contributed by atoms with van der Waals surface area (Å²) in [4.78, 5) is 0. The average Bonchev–Trinajstić information content (AvgIpc) is 2.95. The summed E-state index contributed by atoms with van der Waals surface area (Å²) in [7, 11) is -3.82. The second-order valence-electron chi connectivity index (χ2n) is 6.63. The molecule has 0 saturated carbocycles. The molecule has 4 rings (SSSR count). The fourth-order valence-corrected chi connectivity index (χ4v) is 5.07. The molecule has 0 aliphatic carbocycles. The molecule has 1 aliphatic rings. The van der Waals surface area contributed by atoms with Crippen LogP contribution in [0, 0.1) is 22.7 Å². The third kappa shape index (κ3) is 3.40. The Balaban J connectivity index is 1.73. The summed E-state index contributed by atoms with van der Waals surface area (Å²) < 4.78 is 29.5. The van der Waals surface area contributed by atoms with Gasteiger partial charge in [-0.15, -0.1) is 0 Å². The van der Waals surface area contributed by atoms with E-state index in [1.807, 2.05) is 0 Å². The van der Waals surface area contributed by atoms with E-state index >= 15 is 0 Å². The smallest absolute Gasteiger partial charge is 0.247 e. The lowest BCUT2D eigenvalue weighted by Gasteiger charge is -2.22.